The summed E-state index contributed by atoms with van der Waals surface area (Å²) in [5, 5.41) is 11.1. The second-order valence-corrected chi connectivity index (χ2v) is 6.56. The molecule has 7 nitrogen and oxygen atoms in total. The van der Waals surface area contributed by atoms with E-state index in [-0.39, 0.29) is 23.8 Å². The van der Waals surface area contributed by atoms with Gasteiger partial charge in [0.2, 0.25) is 5.91 Å². The molecule has 4 aromatic rings. The number of aryl methyl sites for hydroxylation is 1. The molecular formula is C21H18FN5O2. The van der Waals surface area contributed by atoms with Gasteiger partial charge in [0.15, 0.2) is 0 Å². The molecule has 146 valence electrons. The number of hydrogen-bond donors (Lipinski definition) is 1. The molecule has 4 rings (SSSR count). The highest BCUT2D eigenvalue weighted by atomic mass is 19.1. The van der Waals surface area contributed by atoms with Gasteiger partial charge in [-0.05, 0) is 54.4 Å². The molecule has 0 saturated heterocycles. The molecule has 2 aromatic heterocycles. The maximum atomic E-state index is 13.1. The Morgan fingerprint density at radius 3 is 2.52 bits per heavy atom. The largest absolute Gasteiger partial charge is 0.324 e. The molecule has 1 N–H and O–H groups in total. The highest BCUT2D eigenvalue weighted by Gasteiger charge is 2.12. The Kier molecular flexibility index (Phi) is 4.90. The van der Waals surface area contributed by atoms with Gasteiger partial charge in [0.05, 0.1) is 5.69 Å². The molecule has 2 aromatic carbocycles. The molecule has 0 saturated carbocycles. The van der Waals surface area contributed by atoms with Gasteiger partial charge in [-0.3, -0.25) is 9.59 Å². The van der Waals surface area contributed by atoms with Crippen molar-refractivity contribution in [2.75, 3.05) is 5.32 Å². The maximum Gasteiger partial charge on any atom is 0.293 e. The number of anilines is 1. The van der Waals surface area contributed by atoms with Crippen molar-refractivity contribution in [1.29, 1.82) is 0 Å². The zero-order chi connectivity index (χ0) is 20.4. The fourth-order valence-corrected chi connectivity index (χ4v) is 2.97. The smallest absolute Gasteiger partial charge is 0.293 e. The quantitative estimate of drug-likeness (QED) is 0.567. The van der Waals surface area contributed by atoms with Crippen LogP contribution in [-0.4, -0.2) is 25.3 Å². The summed E-state index contributed by atoms with van der Waals surface area (Å²) >= 11 is 0. The molecule has 0 aliphatic rings. The van der Waals surface area contributed by atoms with Gasteiger partial charge >= 0.3 is 0 Å². The van der Waals surface area contributed by atoms with Gasteiger partial charge < -0.3 is 5.32 Å². The Morgan fingerprint density at radius 2 is 1.83 bits per heavy atom. The second-order valence-electron chi connectivity index (χ2n) is 6.56. The molecule has 0 spiro atoms. The van der Waals surface area contributed by atoms with Crippen molar-refractivity contribution >= 4 is 17.1 Å². The lowest BCUT2D eigenvalue weighted by molar-refractivity contribution is -0.117. The SMILES string of the molecule is CCc1ccc(NC(=O)Cn2ncn3nc(-c4ccc(F)cc4)cc3c2=O)cc1. The number of nitrogens with one attached hydrogen (secondary N) is 1. The first-order valence-corrected chi connectivity index (χ1v) is 9.13. The average molecular weight is 391 g/mol. The lowest BCUT2D eigenvalue weighted by atomic mass is 10.1. The summed E-state index contributed by atoms with van der Waals surface area (Å²) in [6.45, 7) is 1.84. The normalized spacial score (nSPS) is 11.0. The molecule has 0 aliphatic carbocycles. The molecule has 0 atom stereocenters. The van der Waals surface area contributed by atoms with Crippen LogP contribution in [0.15, 0.2) is 65.7 Å². The van der Waals surface area contributed by atoms with Crippen LogP contribution in [0.3, 0.4) is 0 Å². The second kappa shape index (κ2) is 7.67. The number of rotatable bonds is 5. The summed E-state index contributed by atoms with van der Waals surface area (Å²) in [5.74, 6) is -0.705. The van der Waals surface area contributed by atoms with Crippen molar-refractivity contribution in [1.82, 2.24) is 19.4 Å². The topological polar surface area (TPSA) is 81.3 Å². The predicted octanol–water partition coefficient (Wildman–Crippen LogP) is 2.90. The van der Waals surface area contributed by atoms with Crippen molar-refractivity contribution in [2.24, 2.45) is 0 Å². The van der Waals surface area contributed by atoms with Crippen LogP contribution < -0.4 is 10.9 Å². The van der Waals surface area contributed by atoms with E-state index in [4.69, 9.17) is 0 Å². The Hall–Kier alpha value is -3.81. The summed E-state index contributed by atoms with van der Waals surface area (Å²) < 4.78 is 15.5. The van der Waals surface area contributed by atoms with Gasteiger partial charge in [-0.25, -0.2) is 13.6 Å². The molecule has 0 aliphatic heterocycles. The number of amides is 1. The number of fused-ring (bicyclic) bond motifs is 1. The molecule has 0 unspecified atom stereocenters. The van der Waals surface area contributed by atoms with E-state index in [0.29, 0.717) is 16.9 Å². The fraction of sp³-hybridized carbons (Fsp3) is 0.143. The Bertz CT molecular complexity index is 1230. The van der Waals surface area contributed by atoms with Gasteiger partial charge in [-0.2, -0.15) is 10.2 Å². The van der Waals surface area contributed by atoms with E-state index in [2.05, 4.69) is 22.4 Å². The number of nitrogens with zero attached hydrogens (tertiary/aromatic N) is 4. The van der Waals surface area contributed by atoms with Crippen LogP contribution >= 0.6 is 0 Å². The van der Waals surface area contributed by atoms with Crippen molar-refractivity contribution < 1.29 is 9.18 Å². The number of aromatic nitrogens is 4. The van der Waals surface area contributed by atoms with E-state index >= 15 is 0 Å². The first kappa shape index (κ1) is 18.5. The van der Waals surface area contributed by atoms with Crippen LogP contribution in [0, 0.1) is 5.82 Å². The van der Waals surface area contributed by atoms with Crippen LogP contribution in [0.25, 0.3) is 16.8 Å². The first-order valence-electron chi connectivity index (χ1n) is 9.13. The van der Waals surface area contributed by atoms with E-state index < -0.39 is 5.56 Å². The van der Waals surface area contributed by atoms with Crippen LogP contribution in [0.2, 0.25) is 0 Å². The summed E-state index contributed by atoms with van der Waals surface area (Å²) in [7, 11) is 0. The van der Waals surface area contributed by atoms with E-state index in [9.17, 15) is 14.0 Å². The fourth-order valence-electron chi connectivity index (χ4n) is 2.97. The van der Waals surface area contributed by atoms with E-state index in [0.717, 1.165) is 11.1 Å². The van der Waals surface area contributed by atoms with Gasteiger partial charge in [-0.15, -0.1) is 0 Å². The van der Waals surface area contributed by atoms with Gasteiger partial charge in [0.1, 0.15) is 24.2 Å². The number of halogens is 1. The molecule has 1 amide bonds. The molecule has 0 bridgehead atoms. The van der Waals surface area contributed by atoms with Gasteiger partial charge in [0, 0.05) is 11.3 Å². The monoisotopic (exact) mass is 391 g/mol. The van der Waals surface area contributed by atoms with Crippen LogP contribution in [-0.2, 0) is 17.8 Å². The van der Waals surface area contributed by atoms with Crippen molar-refractivity contribution in [3.05, 3.63) is 82.7 Å². The minimum atomic E-state index is -0.440. The Labute approximate surface area is 165 Å². The lowest BCUT2D eigenvalue weighted by Gasteiger charge is -2.07. The highest BCUT2D eigenvalue weighted by molar-refractivity contribution is 5.90. The van der Waals surface area contributed by atoms with Crippen molar-refractivity contribution in [3.8, 4) is 11.3 Å². The van der Waals surface area contributed by atoms with E-state index in [1.807, 2.05) is 24.3 Å². The minimum absolute atomic E-state index is 0.220. The maximum absolute atomic E-state index is 13.1. The highest BCUT2D eigenvalue weighted by Crippen LogP contribution is 2.18. The summed E-state index contributed by atoms with van der Waals surface area (Å²) in [6.07, 6.45) is 2.28. The van der Waals surface area contributed by atoms with Gasteiger partial charge in [-0.1, -0.05) is 19.1 Å². The minimum Gasteiger partial charge on any atom is -0.324 e. The van der Waals surface area contributed by atoms with E-state index in [1.165, 1.54) is 28.5 Å². The van der Waals surface area contributed by atoms with Gasteiger partial charge in [0.25, 0.3) is 5.56 Å². The first-order chi connectivity index (χ1) is 14.0. The van der Waals surface area contributed by atoms with Crippen LogP contribution in [0.4, 0.5) is 10.1 Å². The number of hydrogen-bond acceptors (Lipinski definition) is 4. The number of carbonyl (C=O) groups excluding carboxylic acids is 1. The lowest BCUT2D eigenvalue weighted by Crippen LogP contribution is -2.30. The zero-order valence-corrected chi connectivity index (χ0v) is 15.7. The zero-order valence-electron chi connectivity index (χ0n) is 15.7. The molecule has 29 heavy (non-hydrogen) atoms. The number of benzene rings is 2. The molecule has 0 radical (unpaired) electrons. The molecule has 0 fully saturated rings. The molecular weight excluding hydrogens is 373 g/mol. The van der Waals surface area contributed by atoms with Crippen molar-refractivity contribution in [3.63, 3.8) is 0 Å². The summed E-state index contributed by atoms with van der Waals surface area (Å²) in [4.78, 5) is 25.0. The van der Waals surface area contributed by atoms with Crippen molar-refractivity contribution in [2.45, 2.75) is 19.9 Å². The predicted molar refractivity (Wildman–Crippen MR) is 107 cm³/mol. The summed E-state index contributed by atoms with van der Waals surface area (Å²) in [5.41, 5.74) is 2.86. The van der Waals surface area contributed by atoms with Crippen LogP contribution in [0.5, 0.6) is 0 Å². The Balaban J connectivity index is 1.56. The third-order valence-electron chi connectivity index (χ3n) is 4.57. The van der Waals surface area contributed by atoms with Crippen LogP contribution in [0.1, 0.15) is 12.5 Å². The molecule has 8 heteroatoms. The average Bonchev–Trinajstić information content (AvgIpc) is 3.16. The standard InChI is InChI=1S/C21H18FN5O2/c1-2-14-3-9-17(10-4-14)24-20(28)12-26-21(29)19-11-18(25-27(19)13-23-26)15-5-7-16(22)8-6-15/h3-11,13H,2,12H2,1H3,(H,24,28). The third kappa shape index (κ3) is 3.91. The Morgan fingerprint density at radius 1 is 1.10 bits per heavy atom. The third-order valence-corrected chi connectivity index (χ3v) is 4.57. The number of carbonyl (C=O) groups is 1. The molecule has 2 heterocycles. The van der Waals surface area contributed by atoms with E-state index in [1.54, 1.807) is 18.2 Å². The summed E-state index contributed by atoms with van der Waals surface area (Å²) in [6, 6.07) is 14.9.